The van der Waals surface area contributed by atoms with Crippen LogP contribution in [-0.2, 0) is 6.54 Å². The van der Waals surface area contributed by atoms with E-state index in [4.69, 9.17) is 5.73 Å². The summed E-state index contributed by atoms with van der Waals surface area (Å²) in [5.74, 6) is 0.232. The molecule has 3 aromatic heterocycles. The van der Waals surface area contributed by atoms with E-state index in [1.165, 1.54) is 12.8 Å². The van der Waals surface area contributed by atoms with Crippen LogP contribution in [0.4, 0.5) is 5.95 Å². The largest absolute Gasteiger partial charge is 0.368 e. The Labute approximate surface area is 149 Å². The Hall–Kier alpha value is -3.29. The lowest BCUT2D eigenvalue weighted by atomic mass is 10.1. The molecular formula is C18H18N8. The molecule has 130 valence electrons. The zero-order chi connectivity index (χ0) is 17.7. The van der Waals surface area contributed by atoms with Crippen LogP contribution in [0.15, 0.2) is 36.7 Å². The first-order chi connectivity index (χ1) is 12.7. The van der Waals surface area contributed by atoms with E-state index < -0.39 is 0 Å². The van der Waals surface area contributed by atoms with E-state index in [0.29, 0.717) is 24.0 Å². The molecule has 0 amide bonds. The number of nitrogens with zero attached hydrogens (tertiary/aromatic N) is 7. The van der Waals surface area contributed by atoms with Gasteiger partial charge in [0, 0.05) is 11.6 Å². The molecule has 0 atom stereocenters. The molecule has 2 N–H and O–H groups in total. The summed E-state index contributed by atoms with van der Waals surface area (Å²) in [5, 5.41) is 14.0. The highest BCUT2D eigenvalue weighted by Gasteiger charge is 2.24. The maximum atomic E-state index is 5.89. The van der Waals surface area contributed by atoms with E-state index in [-0.39, 0.29) is 5.95 Å². The SMILES string of the molecule is Cc1ccc2c(-c3cn(Cc4ccn(C5CC5)n4)nn3)nc(N)nc2c1. The number of rotatable bonds is 4. The number of aromatic nitrogens is 7. The minimum atomic E-state index is 0.232. The second-order valence-electron chi connectivity index (χ2n) is 6.77. The third kappa shape index (κ3) is 2.69. The van der Waals surface area contributed by atoms with Crippen molar-refractivity contribution in [2.45, 2.75) is 32.4 Å². The summed E-state index contributed by atoms with van der Waals surface area (Å²) in [6, 6.07) is 8.62. The van der Waals surface area contributed by atoms with Crippen LogP contribution in [0.25, 0.3) is 22.3 Å². The predicted octanol–water partition coefficient (Wildman–Crippen LogP) is 2.36. The fraction of sp³-hybridized carbons (Fsp3) is 0.278. The van der Waals surface area contributed by atoms with E-state index in [0.717, 1.165) is 22.2 Å². The molecule has 5 rings (SSSR count). The summed E-state index contributed by atoms with van der Waals surface area (Å²) < 4.78 is 3.81. The van der Waals surface area contributed by atoms with Crippen LogP contribution >= 0.6 is 0 Å². The van der Waals surface area contributed by atoms with Crippen molar-refractivity contribution in [1.29, 1.82) is 0 Å². The lowest BCUT2D eigenvalue weighted by Crippen LogP contribution is -2.03. The monoisotopic (exact) mass is 346 g/mol. The zero-order valence-electron chi connectivity index (χ0n) is 14.4. The number of hydrogen-bond acceptors (Lipinski definition) is 6. The van der Waals surface area contributed by atoms with Gasteiger partial charge in [-0.05, 0) is 37.5 Å². The average Bonchev–Trinajstić information content (AvgIpc) is 3.19. The van der Waals surface area contributed by atoms with Gasteiger partial charge in [0.1, 0.15) is 11.4 Å². The second kappa shape index (κ2) is 5.62. The highest BCUT2D eigenvalue weighted by atomic mass is 15.4. The Balaban J connectivity index is 1.48. The van der Waals surface area contributed by atoms with Crippen LogP contribution in [-0.4, -0.2) is 34.7 Å². The van der Waals surface area contributed by atoms with E-state index >= 15 is 0 Å². The number of benzene rings is 1. The Kier molecular flexibility index (Phi) is 3.24. The smallest absolute Gasteiger partial charge is 0.221 e. The molecule has 0 radical (unpaired) electrons. The Morgan fingerprint density at radius 3 is 2.92 bits per heavy atom. The third-order valence-corrected chi connectivity index (χ3v) is 4.56. The summed E-state index contributed by atoms with van der Waals surface area (Å²) in [5.41, 5.74) is 10.2. The molecule has 1 saturated carbocycles. The van der Waals surface area contributed by atoms with Gasteiger partial charge in [-0.15, -0.1) is 5.10 Å². The van der Waals surface area contributed by atoms with Gasteiger partial charge >= 0.3 is 0 Å². The van der Waals surface area contributed by atoms with Gasteiger partial charge in [-0.25, -0.2) is 14.6 Å². The fourth-order valence-corrected chi connectivity index (χ4v) is 3.11. The van der Waals surface area contributed by atoms with Gasteiger partial charge in [-0.2, -0.15) is 5.10 Å². The molecule has 1 fully saturated rings. The van der Waals surface area contributed by atoms with Crippen molar-refractivity contribution in [3.8, 4) is 11.4 Å². The maximum absolute atomic E-state index is 5.89. The van der Waals surface area contributed by atoms with E-state index in [1.807, 2.05) is 48.3 Å². The number of nitrogen functional groups attached to an aromatic ring is 1. The van der Waals surface area contributed by atoms with Gasteiger partial charge in [0.05, 0.1) is 30.0 Å². The van der Waals surface area contributed by atoms with Crippen molar-refractivity contribution in [2.75, 3.05) is 5.73 Å². The molecule has 1 aliphatic rings. The number of nitrogens with two attached hydrogens (primary N) is 1. The molecule has 1 aliphatic carbocycles. The summed E-state index contributed by atoms with van der Waals surface area (Å²) in [6.07, 6.45) is 6.34. The van der Waals surface area contributed by atoms with Crippen LogP contribution in [0.3, 0.4) is 0 Å². The first-order valence-corrected chi connectivity index (χ1v) is 8.64. The molecule has 0 bridgehead atoms. The number of fused-ring (bicyclic) bond motifs is 1. The van der Waals surface area contributed by atoms with Crippen molar-refractivity contribution in [3.63, 3.8) is 0 Å². The van der Waals surface area contributed by atoms with E-state index in [9.17, 15) is 0 Å². The quantitative estimate of drug-likeness (QED) is 0.609. The first-order valence-electron chi connectivity index (χ1n) is 8.64. The summed E-state index contributed by atoms with van der Waals surface area (Å²) in [6.45, 7) is 2.60. The highest BCUT2D eigenvalue weighted by Crippen LogP contribution is 2.34. The minimum Gasteiger partial charge on any atom is -0.368 e. The number of anilines is 1. The topological polar surface area (TPSA) is 100 Å². The molecule has 1 aromatic carbocycles. The maximum Gasteiger partial charge on any atom is 0.221 e. The van der Waals surface area contributed by atoms with Gasteiger partial charge in [-0.3, -0.25) is 4.68 Å². The summed E-state index contributed by atoms with van der Waals surface area (Å²) in [4.78, 5) is 8.71. The van der Waals surface area contributed by atoms with Crippen molar-refractivity contribution >= 4 is 16.9 Å². The Bertz CT molecular complexity index is 1100. The predicted molar refractivity (Wildman–Crippen MR) is 97.3 cm³/mol. The summed E-state index contributed by atoms with van der Waals surface area (Å²) >= 11 is 0. The third-order valence-electron chi connectivity index (χ3n) is 4.56. The molecule has 8 heteroatoms. The van der Waals surface area contributed by atoms with Gasteiger partial charge in [0.15, 0.2) is 0 Å². The normalized spacial score (nSPS) is 14.2. The highest BCUT2D eigenvalue weighted by molar-refractivity contribution is 5.92. The molecule has 3 heterocycles. The fourth-order valence-electron chi connectivity index (χ4n) is 3.11. The molecule has 0 saturated heterocycles. The Morgan fingerprint density at radius 2 is 2.08 bits per heavy atom. The molecule has 8 nitrogen and oxygen atoms in total. The van der Waals surface area contributed by atoms with Crippen LogP contribution < -0.4 is 5.73 Å². The van der Waals surface area contributed by atoms with Crippen molar-refractivity contribution in [3.05, 3.63) is 47.9 Å². The standard InChI is InChI=1S/C18H18N8/c1-11-2-5-14-15(8-11)20-18(19)21-17(14)16-10-25(24-22-16)9-12-6-7-26(23-12)13-3-4-13/h2,5-8,10,13H,3-4,9H2,1H3,(H2,19,20,21). The summed E-state index contributed by atoms with van der Waals surface area (Å²) in [7, 11) is 0. The lowest BCUT2D eigenvalue weighted by molar-refractivity contribution is 0.595. The second-order valence-corrected chi connectivity index (χ2v) is 6.77. The molecule has 0 spiro atoms. The molecular weight excluding hydrogens is 328 g/mol. The van der Waals surface area contributed by atoms with Crippen LogP contribution in [0, 0.1) is 6.92 Å². The van der Waals surface area contributed by atoms with Crippen molar-refractivity contribution in [2.24, 2.45) is 0 Å². The molecule has 0 unspecified atom stereocenters. The number of aryl methyl sites for hydroxylation is 1. The first kappa shape index (κ1) is 15.0. The zero-order valence-corrected chi connectivity index (χ0v) is 14.4. The van der Waals surface area contributed by atoms with Crippen molar-refractivity contribution in [1.82, 2.24) is 34.7 Å². The van der Waals surface area contributed by atoms with Gasteiger partial charge in [0.2, 0.25) is 5.95 Å². The number of hydrogen-bond donors (Lipinski definition) is 1. The lowest BCUT2D eigenvalue weighted by Gasteiger charge is -2.04. The molecule has 4 aromatic rings. The van der Waals surface area contributed by atoms with Crippen LogP contribution in [0.1, 0.15) is 30.1 Å². The minimum absolute atomic E-state index is 0.232. The molecule has 0 aliphatic heterocycles. The van der Waals surface area contributed by atoms with Crippen LogP contribution in [0.2, 0.25) is 0 Å². The van der Waals surface area contributed by atoms with Gasteiger partial charge in [-0.1, -0.05) is 17.3 Å². The van der Waals surface area contributed by atoms with Crippen LogP contribution in [0.5, 0.6) is 0 Å². The molecule has 26 heavy (non-hydrogen) atoms. The van der Waals surface area contributed by atoms with Gasteiger partial charge < -0.3 is 5.73 Å². The Morgan fingerprint density at radius 1 is 1.19 bits per heavy atom. The van der Waals surface area contributed by atoms with E-state index in [2.05, 4.69) is 25.4 Å². The van der Waals surface area contributed by atoms with Crippen molar-refractivity contribution < 1.29 is 0 Å². The average molecular weight is 346 g/mol. The van der Waals surface area contributed by atoms with E-state index in [1.54, 1.807) is 4.68 Å². The van der Waals surface area contributed by atoms with Gasteiger partial charge in [0.25, 0.3) is 0 Å².